The van der Waals surface area contributed by atoms with Crippen LogP contribution in [0.5, 0.6) is 5.75 Å². The smallest absolute Gasteiger partial charge is 0.466 e. The second kappa shape index (κ2) is 14.3. The quantitative estimate of drug-likeness (QED) is 0.368. The molecule has 25 heavy (non-hydrogen) atoms. The Morgan fingerprint density at radius 3 is 2.04 bits per heavy atom. The number of rotatable bonds is 11. The number of aryl methyl sites for hydroxylation is 1. The molecule has 1 aromatic rings. The number of hydrogen-bond donors (Lipinski definition) is 3. The zero-order chi connectivity index (χ0) is 19.1. The van der Waals surface area contributed by atoms with Gasteiger partial charge in [0.05, 0.1) is 6.61 Å². The summed E-state index contributed by atoms with van der Waals surface area (Å²) in [5, 5.41) is 0. The number of benzene rings is 1. The first-order chi connectivity index (χ1) is 11.8. The van der Waals surface area contributed by atoms with Crippen molar-refractivity contribution < 1.29 is 24.0 Å². The van der Waals surface area contributed by atoms with Crippen LogP contribution >= 0.6 is 7.82 Å². The van der Waals surface area contributed by atoms with E-state index in [9.17, 15) is 0 Å². The Hall–Kier alpha value is -0.870. The van der Waals surface area contributed by atoms with Crippen molar-refractivity contribution in [3.8, 4) is 5.75 Å². The van der Waals surface area contributed by atoms with Crippen LogP contribution in [0.25, 0.3) is 0 Å². The molecule has 0 aliphatic heterocycles. The molecular weight excluding hydrogens is 339 g/mol. The van der Waals surface area contributed by atoms with E-state index in [1.165, 1.54) is 68.9 Å². The third-order valence-electron chi connectivity index (χ3n) is 3.95. The second-order valence-corrected chi connectivity index (χ2v) is 7.30. The fraction of sp³-hybridized carbons (Fsp3) is 0.684. The van der Waals surface area contributed by atoms with Crippen LogP contribution in [0.3, 0.4) is 0 Å². The molecule has 3 N–H and O–H groups in total. The molecule has 0 fully saturated rings. The summed E-state index contributed by atoms with van der Waals surface area (Å²) in [6.45, 7) is 7.57. The third kappa shape index (κ3) is 15.1. The minimum atomic E-state index is -4.64. The first kappa shape index (κ1) is 24.1. The van der Waals surface area contributed by atoms with E-state index in [-0.39, 0.29) is 0 Å². The Morgan fingerprint density at radius 1 is 0.920 bits per heavy atom. The van der Waals surface area contributed by atoms with E-state index in [0.29, 0.717) is 0 Å². The average Bonchev–Trinajstić information content (AvgIpc) is 2.52. The van der Waals surface area contributed by atoms with E-state index in [4.69, 9.17) is 24.0 Å². The third-order valence-corrected chi connectivity index (χ3v) is 3.95. The van der Waals surface area contributed by atoms with Crippen LogP contribution in [-0.2, 0) is 11.0 Å². The van der Waals surface area contributed by atoms with Crippen LogP contribution in [0, 0.1) is 6.92 Å². The van der Waals surface area contributed by atoms with Crippen molar-refractivity contribution in [1.29, 1.82) is 0 Å². The molecule has 0 aliphatic carbocycles. The summed E-state index contributed by atoms with van der Waals surface area (Å²) in [4.78, 5) is 21.6. The highest BCUT2D eigenvalue weighted by Crippen LogP contribution is 2.26. The lowest BCUT2D eigenvalue weighted by Gasteiger charge is -2.12. The minimum Gasteiger partial charge on any atom is -0.493 e. The highest BCUT2D eigenvalue weighted by atomic mass is 31.2. The largest absolute Gasteiger partial charge is 0.493 e. The fourth-order valence-electron chi connectivity index (χ4n) is 2.54. The van der Waals surface area contributed by atoms with Gasteiger partial charge in [0.2, 0.25) is 0 Å². The van der Waals surface area contributed by atoms with Gasteiger partial charge in [-0.2, -0.15) is 0 Å². The lowest BCUT2D eigenvalue weighted by atomic mass is 10.0. The van der Waals surface area contributed by atoms with Gasteiger partial charge in [0.15, 0.2) is 0 Å². The molecular formula is C19H35O5P. The standard InChI is InChI=1S/C19H32O.H3O4P/c1-4-6-8-10-13-18-14-12-15-19(17(18)3)20-16-11-9-7-5-2;1-5(2,3)4/h12,14-15H,4-11,13,16H2,1-3H3;(H3,1,2,3,4). The summed E-state index contributed by atoms with van der Waals surface area (Å²) >= 11 is 0. The van der Waals surface area contributed by atoms with Crippen molar-refractivity contribution in [2.24, 2.45) is 0 Å². The topological polar surface area (TPSA) is 87.0 Å². The maximum absolute atomic E-state index is 8.88. The summed E-state index contributed by atoms with van der Waals surface area (Å²) in [7, 11) is -4.64. The van der Waals surface area contributed by atoms with E-state index in [1.807, 2.05) is 0 Å². The van der Waals surface area contributed by atoms with Gasteiger partial charge >= 0.3 is 7.82 Å². The van der Waals surface area contributed by atoms with Crippen molar-refractivity contribution in [2.45, 2.75) is 78.6 Å². The molecule has 0 atom stereocenters. The molecule has 6 heteroatoms. The summed E-state index contributed by atoms with van der Waals surface area (Å²) < 4.78 is 14.8. The maximum Gasteiger partial charge on any atom is 0.466 e. The molecule has 0 saturated carbocycles. The minimum absolute atomic E-state index is 0.861. The van der Waals surface area contributed by atoms with Crippen molar-refractivity contribution in [1.82, 2.24) is 0 Å². The van der Waals surface area contributed by atoms with E-state index in [1.54, 1.807) is 0 Å². The first-order valence-electron chi connectivity index (χ1n) is 9.29. The van der Waals surface area contributed by atoms with E-state index in [0.717, 1.165) is 12.4 Å². The van der Waals surface area contributed by atoms with Crippen molar-refractivity contribution >= 4 is 7.82 Å². The number of phosphoric acid groups is 1. The van der Waals surface area contributed by atoms with Gasteiger partial charge in [0.1, 0.15) is 5.75 Å². The Balaban J connectivity index is 0.00000101. The summed E-state index contributed by atoms with van der Waals surface area (Å²) in [6.07, 6.45) is 11.6. The zero-order valence-corrected chi connectivity index (χ0v) is 16.8. The lowest BCUT2D eigenvalue weighted by molar-refractivity contribution is 0.275. The zero-order valence-electron chi connectivity index (χ0n) is 15.9. The summed E-state index contributed by atoms with van der Waals surface area (Å²) in [5.74, 6) is 1.09. The van der Waals surface area contributed by atoms with E-state index in [2.05, 4.69) is 39.0 Å². The lowest BCUT2D eigenvalue weighted by Crippen LogP contribution is -2.01. The Bertz CT molecular complexity index is 490. The molecule has 1 aromatic carbocycles. The predicted octanol–water partition coefficient (Wildman–Crippen LogP) is 5.15. The van der Waals surface area contributed by atoms with Gasteiger partial charge in [0.25, 0.3) is 0 Å². The molecule has 5 nitrogen and oxygen atoms in total. The molecule has 0 bridgehead atoms. The highest BCUT2D eigenvalue weighted by Gasteiger charge is 2.05. The second-order valence-electron chi connectivity index (χ2n) is 6.27. The van der Waals surface area contributed by atoms with E-state index >= 15 is 0 Å². The van der Waals surface area contributed by atoms with Crippen LogP contribution in [0.15, 0.2) is 18.2 Å². The molecule has 0 heterocycles. The monoisotopic (exact) mass is 374 g/mol. The molecule has 0 amide bonds. The van der Waals surface area contributed by atoms with Crippen molar-refractivity contribution in [3.63, 3.8) is 0 Å². The molecule has 0 unspecified atom stereocenters. The molecule has 0 aliphatic rings. The summed E-state index contributed by atoms with van der Waals surface area (Å²) in [6, 6.07) is 6.51. The van der Waals surface area contributed by atoms with E-state index < -0.39 is 7.82 Å². The number of unbranched alkanes of at least 4 members (excludes halogenated alkanes) is 6. The fourth-order valence-corrected chi connectivity index (χ4v) is 2.54. The predicted molar refractivity (Wildman–Crippen MR) is 103 cm³/mol. The SMILES string of the molecule is CCCCCCOc1cccc(CCCCCC)c1C.O=P(O)(O)O. The van der Waals surface area contributed by atoms with Crippen LogP contribution in [0.2, 0.25) is 0 Å². The number of ether oxygens (including phenoxy) is 1. The molecule has 146 valence electrons. The Kier molecular flexibility index (Phi) is 13.8. The van der Waals surface area contributed by atoms with Crippen LogP contribution in [0.4, 0.5) is 0 Å². The highest BCUT2D eigenvalue weighted by molar-refractivity contribution is 7.45. The molecule has 0 saturated heterocycles. The van der Waals surface area contributed by atoms with Gasteiger partial charge < -0.3 is 19.4 Å². The van der Waals surface area contributed by atoms with Crippen molar-refractivity contribution in [3.05, 3.63) is 29.3 Å². The van der Waals surface area contributed by atoms with Gasteiger partial charge in [-0.3, -0.25) is 0 Å². The van der Waals surface area contributed by atoms with Gasteiger partial charge in [-0.1, -0.05) is 64.5 Å². The first-order valence-corrected chi connectivity index (χ1v) is 10.9. The van der Waals surface area contributed by atoms with Crippen molar-refractivity contribution in [2.75, 3.05) is 6.61 Å². The van der Waals surface area contributed by atoms with Crippen LogP contribution in [-0.4, -0.2) is 21.3 Å². The Labute approximate surface area is 152 Å². The molecule has 0 spiro atoms. The normalized spacial score (nSPS) is 11.0. The average molecular weight is 374 g/mol. The molecule has 0 aromatic heterocycles. The molecule has 1 rings (SSSR count). The van der Waals surface area contributed by atoms with Gasteiger partial charge in [0, 0.05) is 0 Å². The van der Waals surface area contributed by atoms with Gasteiger partial charge in [-0.15, -0.1) is 0 Å². The molecule has 0 radical (unpaired) electrons. The summed E-state index contributed by atoms with van der Waals surface area (Å²) in [5.41, 5.74) is 2.81. The maximum atomic E-state index is 8.88. The van der Waals surface area contributed by atoms with Crippen LogP contribution in [0.1, 0.15) is 76.3 Å². The van der Waals surface area contributed by atoms with Gasteiger partial charge in [-0.05, 0) is 43.4 Å². The van der Waals surface area contributed by atoms with Gasteiger partial charge in [-0.25, -0.2) is 4.57 Å². The van der Waals surface area contributed by atoms with Crippen LogP contribution < -0.4 is 4.74 Å². The Morgan fingerprint density at radius 2 is 1.48 bits per heavy atom. The number of hydrogen-bond acceptors (Lipinski definition) is 2.